The molecule has 6 nitrogen and oxygen atoms in total. The lowest BCUT2D eigenvalue weighted by atomic mass is 10.1. The Bertz CT molecular complexity index is 734. The summed E-state index contributed by atoms with van der Waals surface area (Å²) in [4.78, 5) is 22.4. The molecule has 0 fully saturated rings. The minimum absolute atomic E-state index is 0.112. The van der Waals surface area contributed by atoms with Crippen molar-refractivity contribution in [2.45, 2.75) is 18.4 Å². The van der Waals surface area contributed by atoms with Gasteiger partial charge in [-0.1, -0.05) is 24.3 Å². The van der Waals surface area contributed by atoms with Gasteiger partial charge in [-0.05, 0) is 24.6 Å². The molecule has 0 heterocycles. The topological polar surface area (TPSA) is 98.3 Å². The van der Waals surface area contributed by atoms with Crippen molar-refractivity contribution in [2.75, 3.05) is 11.1 Å². The zero-order chi connectivity index (χ0) is 16.8. The third-order valence-electron chi connectivity index (χ3n) is 3.34. The minimum Gasteiger partial charge on any atom is -0.380 e. The van der Waals surface area contributed by atoms with Crippen molar-refractivity contribution in [3.8, 4) is 0 Å². The quantitative estimate of drug-likeness (QED) is 0.461. The van der Waals surface area contributed by atoms with E-state index in [2.05, 4.69) is 5.32 Å². The van der Waals surface area contributed by atoms with E-state index in [1.807, 2.05) is 30.3 Å². The summed E-state index contributed by atoms with van der Waals surface area (Å²) in [5.74, 6) is -0.173. The lowest BCUT2D eigenvalue weighted by molar-refractivity contribution is -0.385. The highest BCUT2D eigenvalue weighted by atomic mass is 32.2. The fourth-order valence-corrected chi connectivity index (χ4v) is 2.91. The molecule has 1 amide bonds. The largest absolute Gasteiger partial charge is 0.380 e. The number of nitro benzene ring substituents is 1. The molecule has 0 saturated carbocycles. The number of nitrogens with zero attached hydrogens (tertiary/aromatic N) is 1. The molecule has 0 aromatic heterocycles. The number of rotatable bonds is 7. The third-order valence-corrected chi connectivity index (χ3v) is 4.44. The number of amides is 1. The zero-order valence-corrected chi connectivity index (χ0v) is 13.4. The number of carbonyl (C=O) groups is 1. The first-order valence-corrected chi connectivity index (χ1v) is 7.94. The number of benzene rings is 2. The molecule has 0 bridgehead atoms. The number of hydrogen-bond donors (Lipinski definition) is 2. The van der Waals surface area contributed by atoms with Gasteiger partial charge >= 0.3 is 0 Å². The number of nitro groups is 1. The van der Waals surface area contributed by atoms with E-state index in [4.69, 9.17) is 5.73 Å². The van der Waals surface area contributed by atoms with Crippen molar-refractivity contribution in [3.63, 3.8) is 0 Å². The maximum Gasteiger partial charge on any atom is 0.272 e. The molecule has 2 aromatic carbocycles. The molecule has 23 heavy (non-hydrogen) atoms. The molecule has 0 saturated heterocycles. The first-order valence-electron chi connectivity index (χ1n) is 6.96. The van der Waals surface area contributed by atoms with Crippen LogP contribution in [0.1, 0.15) is 11.1 Å². The fourth-order valence-electron chi connectivity index (χ4n) is 2.14. The molecule has 0 aliphatic rings. The number of nitrogens with two attached hydrogens (primary N) is 1. The third kappa shape index (κ3) is 4.46. The van der Waals surface area contributed by atoms with Crippen molar-refractivity contribution in [2.24, 2.45) is 5.73 Å². The van der Waals surface area contributed by atoms with Crippen LogP contribution in [-0.2, 0) is 11.3 Å². The maximum atomic E-state index is 11.0. The standard InChI is InChI=1S/C16H17N3O3S/c1-11-12(5-4-7-14(11)19(21)22)9-18-13-6-2-3-8-15(13)23-10-16(17)20/h2-8,18H,9-10H2,1H3,(H2,17,20). The summed E-state index contributed by atoms with van der Waals surface area (Å²) < 4.78 is 0. The van der Waals surface area contributed by atoms with Crippen LogP contribution in [0.2, 0.25) is 0 Å². The van der Waals surface area contributed by atoms with E-state index in [1.165, 1.54) is 17.8 Å². The zero-order valence-electron chi connectivity index (χ0n) is 12.6. The van der Waals surface area contributed by atoms with Gasteiger partial charge < -0.3 is 11.1 Å². The summed E-state index contributed by atoms with van der Waals surface area (Å²) in [7, 11) is 0. The highest BCUT2D eigenvalue weighted by molar-refractivity contribution is 8.00. The lowest BCUT2D eigenvalue weighted by Crippen LogP contribution is -2.13. The number of para-hydroxylation sites is 1. The Kier molecular flexibility index (Phi) is 5.59. The van der Waals surface area contributed by atoms with Gasteiger partial charge in [0.2, 0.25) is 5.91 Å². The Balaban J connectivity index is 2.14. The predicted molar refractivity (Wildman–Crippen MR) is 91.5 cm³/mol. The van der Waals surface area contributed by atoms with Crippen LogP contribution < -0.4 is 11.1 Å². The maximum absolute atomic E-state index is 11.0. The van der Waals surface area contributed by atoms with Gasteiger partial charge in [-0.2, -0.15) is 0 Å². The molecule has 0 radical (unpaired) electrons. The number of thioether (sulfide) groups is 1. The Labute approximate surface area is 138 Å². The van der Waals surface area contributed by atoms with Crippen molar-refractivity contribution < 1.29 is 9.72 Å². The Morgan fingerprint density at radius 1 is 1.26 bits per heavy atom. The van der Waals surface area contributed by atoms with E-state index < -0.39 is 0 Å². The van der Waals surface area contributed by atoms with Gasteiger partial charge in [0.05, 0.1) is 10.7 Å². The van der Waals surface area contributed by atoms with E-state index >= 15 is 0 Å². The summed E-state index contributed by atoms with van der Waals surface area (Å²) in [6, 6.07) is 12.6. The van der Waals surface area contributed by atoms with Crippen LogP contribution in [0.25, 0.3) is 0 Å². The first-order chi connectivity index (χ1) is 11.0. The average Bonchev–Trinajstić information content (AvgIpc) is 2.52. The molecule has 0 unspecified atom stereocenters. The number of nitrogens with one attached hydrogen (secondary N) is 1. The van der Waals surface area contributed by atoms with Crippen molar-refractivity contribution >= 4 is 29.0 Å². The van der Waals surface area contributed by atoms with E-state index in [9.17, 15) is 14.9 Å². The van der Waals surface area contributed by atoms with Gasteiger partial charge in [-0.3, -0.25) is 14.9 Å². The lowest BCUT2D eigenvalue weighted by Gasteiger charge is -2.12. The second-order valence-corrected chi connectivity index (χ2v) is 5.94. The molecule has 120 valence electrons. The number of carbonyl (C=O) groups excluding carboxylic acids is 1. The Morgan fingerprint density at radius 3 is 2.70 bits per heavy atom. The molecule has 7 heteroatoms. The van der Waals surface area contributed by atoms with E-state index in [0.717, 1.165) is 16.1 Å². The van der Waals surface area contributed by atoms with Crippen LogP contribution in [0.15, 0.2) is 47.4 Å². The van der Waals surface area contributed by atoms with Crippen LogP contribution in [0.4, 0.5) is 11.4 Å². The SMILES string of the molecule is Cc1c(CNc2ccccc2SCC(N)=O)cccc1[N+](=O)[O-]. The molecule has 0 aliphatic carbocycles. The molecule has 3 N–H and O–H groups in total. The minimum atomic E-state index is -0.379. The summed E-state index contributed by atoms with van der Waals surface area (Å²) in [6.45, 7) is 2.20. The van der Waals surface area contributed by atoms with Gasteiger partial charge in [-0.25, -0.2) is 0 Å². The van der Waals surface area contributed by atoms with Crippen LogP contribution in [0, 0.1) is 17.0 Å². The van der Waals surface area contributed by atoms with Gasteiger partial charge in [0.1, 0.15) is 0 Å². The van der Waals surface area contributed by atoms with Gasteiger partial charge in [0.25, 0.3) is 5.69 Å². The number of anilines is 1. The van der Waals surface area contributed by atoms with Crippen LogP contribution in [0.3, 0.4) is 0 Å². The Morgan fingerprint density at radius 2 is 2.00 bits per heavy atom. The highest BCUT2D eigenvalue weighted by Gasteiger charge is 2.13. The fraction of sp³-hybridized carbons (Fsp3) is 0.188. The van der Waals surface area contributed by atoms with Gasteiger partial charge in [-0.15, -0.1) is 11.8 Å². The summed E-state index contributed by atoms with van der Waals surface area (Å²) in [5.41, 5.74) is 7.65. The molecule has 0 aliphatic heterocycles. The predicted octanol–water partition coefficient (Wildman–Crippen LogP) is 3.09. The number of primary amides is 1. The normalized spacial score (nSPS) is 10.3. The molecular weight excluding hydrogens is 314 g/mol. The van der Waals surface area contributed by atoms with Crippen LogP contribution >= 0.6 is 11.8 Å². The number of hydrogen-bond acceptors (Lipinski definition) is 5. The van der Waals surface area contributed by atoms with Gasteiger partial charge in [0.15, 0.2) is 0 Å². The van der Waals surface area contributed by atoms with Crippen molar-refractivity contribution in [1.29, 1.82) is 0 Å². The van der Waals surface area contributed by atoms with E-state index in [1.54, 1.807) is 13.0 Å². The van der Waals surface area contributed by atoms with Crippen LogP contribution in [0.5, 0.6) is 0 Å². The molecular formula is C16H17N3O3S. The van der Waals surface area contributed by atoms with Crippen molar-refractivity contribution in [1.82, 2.24) is 0 Å². The van der Waals surface area contributed by atoms with Crippen molar-refractivity contribution in [3.05, 3.63) is 63.7 Å². The average molecular weight is 331 g/mol. The summed E-state index contributed by atoms with van der Waals surface area (Å²) in [6.07, 6.45) is 0. The van der Waals surface area contributed by atoms with E-state index in [-0.39, 0.29) is 22.3 Å². The molecule has 0 atom stereocenters. The molecule has 2 aromatic rings. The molecule has 2 rings (SSSR count). The summed E-state index contributed by atoms with van der Waals surface area (Å²) >= 11 is 1.36. The monoisotopic (exact) mass is 331 g/mol. The first kappa shape index (κ1) is 16.8. The smallest absolute Gasteiger partial charge is 0.272 e. The second kappa shape index (κ2) is 7.64. The van der Waals surface area contributed by atoms with E-state index in [0.29, 0.717) is 12.1 Å². The van der Waals surface area contributed by atoms with Crippen LogP contribution in [-0.4, -0.2) is 16.6 Å². The second-order valence-electron chi connectivity index (χ2n) is 4.92. The Hall–Kier alpha value is -2.54. The highest BCUT2D eigenvalue weighted by Crippen LogP contribution is 2.28. The summed E-state index contributed by atoms with van der Waals surface area (Å²) in [5, 5.41) is 14.3. The molecule has 0 spiro atoms. The van der Waals surface area contributed by atoms with Gasteiger partial charge in [0, 0.05) is 28.8 Å².